The van der Waals surface area contributed by atoms with Gasteiger partial charge in [-0.25, -0.2) is 4.39 Å². The number of rotatable bonds is 6. The lowest BCUT2D eigenvalue weighted by Crippen LogP contribution is -2.43. The Morgan fingerprint density at radius 2 is 1.68 bits per heavy atom. The largest absolute Gasteiger partial charge is 0.272 e. The van der Waals surface area contributed by atoms with Crippen LogP contribution in [0.1, 0.15) is 15.9 Å². The minimum Gasteiger partial charge on any atom is -0.272 e. The molecule has 1 unspecified atom stereocenters. The van der Waals surface area contributed by atoms with Gasteiger partial charge in [0, 0.05) is 22.1 Å². The van der Waals surface area contributed by atoms with Crippen LogP contribution in [0.4, 0.5) is 4.39 Å². The summed E-state index contributed by atoms with van der Waals surface area (Å²) in [5.41, 5.74) is 5.56. The van der Waals surface area contributed by atoms with Crippen molar-refractivity contribution in [3.8, 4) is 0 Å². The van der Waals surface area contributed by atoms with E-state index in [1.807, 2.05) is 36.4 Å². The van der Waals surface area contributed by atoms with E-state index in [0.717, 1.165) is 17.7 Å². The molecule has 2 amide bonds. The Labute approximate surface area is 147 Å². The molecule has 2 aromatic carbocycles. The summed E-state index contributed by atoms with van der Waals surface area (Å²) in [4.78, 5) is 23.4. The smallest absolute Gasteiger partial charge is 0.269 e. The summed E-state index contributed by atoms with van der Waals surface area (Å²) in [6.07, 6.45) is 3.56. The molecular weight excluding hydrogens is 343 g/mol. The molecule has 1 atom stereocenters. The van der Waals surface area contributed by atoms with Crippen LogP contribution in [0.25, 0.3) is 6.08 Å². The van der Waals surface area contributed by atoms with E-state index in [1.165, 1.54) is 12.1 Å². The first-order chi connectivity index (χ1) is 12.0. The molecule has 2 aromatic rings. The Morgan fingerprint density at radius 1 is 1.00 bits per heavy atom. The van der Waals surface area contributed by atoms with Gasteiger partial charge >= 0.3 is 0 Å². The topological polar surface area (TPSA) is 75.3 Å². The van der Waals surface area contributed by atoms with Crippen LogP contribution in [0, 0.1) is 5.82 Å². The molecule has 0 spiro atoms. The molecule has 0 fully saturated rings. The highest BCUT2D eigenvalue weighted by atomic mass is 32.2. The molecule has 0 bridgehead atoms. The lowest BCUT2D eigenvalue weighted by Gasteiger charge is -2.07. The van der Waals surface area contributed by atoms with Crippen molar-refractivity contribution in [3.05, 3.63) is 77.6 Å². The summed E-state index contributed by atoms with van der Waals surface area (Å²) in [5, 5.41) is 0. The molecule has 2 N–H and O–H groups in total. The Bertz CT molecular complexity index is 777. The second-order valence-electron chi connectivity index (χ2n) is 5.07. The van der Waals surface area contributed by atoms with E-state index >= 15 is 0 Å². The lowest BCUT2D eigenvalue weighted by molar-refractivity contribution is -0.119. The molecule has 0 saturated heterocycles. The predicted molar refractivity (Wildman–Crippen MR) is 95.4 cm³/mol. The summed E-state index contributed by atoms with van der Waals surface area (Å²) in [6.45, 7) is 0. The Balaban J connectivity index is 1.72. The van der Waals surface area contributed by atoms with Gasteiger partial charge in [-0.15, -0.1) is 0 Å². The van der Waals surface area contributed by atoms with Gasteiger partial charge in [-0.2, -0.15) is 0 Å². The molecular formula is C18H17FN2O3S. The number of hydrogen-bond donors (Lipinski definition) is 2. The third-order valence-corrected chi connectivity index (χ3v) is 4.25. The van der Waals surface area contributed by atoms with Gasteiger partial charge in [0.15, 0.2) is 0 Å². The van der Waals surface area contributed by atoms with Crippen LogP contribution >= 0.6 is 0 Å². The monoisotopic (exact) mass is 360 g/mol. The van der Waals surface area contributed by atoms with E-state index in [2.05, 4.69) is 10.9 Å². The zero-order chi connectivity index (χ0) is 18.1. The molecule has 0 heterocycles. The van der Waals surface area contributed by atoms with Crippen LogP contribution in [0.2, 0.25) is 0 Å². The summed E-state index contributed by atoms with van der Waals surface area (Å²) >= 11 is 0. The summed E-state index contributed by atoms with van der Waals surface area (Å²) in [5.74, 6) is -1.61. The number of nitrogens with one attached hydrogen (secondary N) is 2. The van der Waals surface area contributed by atoms with E-state index < -0.39 is 28.4 Å². The van der Waals surface area contributed by atoms with E-state index in [0.29, 0.717) is 0 Å². The SMILES string of the molecule is O=C(CS(=O)CC=Cc1ccccc1)NNC(=O)c1ccc(F)cc1. The van der Waals surface area contributed by atoms with Crippen molar-refractivity contribution in [2.45, 2.75) is 0 Å². The minimum atomic E-state index is -1.39. The Morgan fingerprint density at radius 3 is 2.36 bits per heavy atom. The van der Waals surface area contributed by atoms with Crippen molar-refractivity contribution in [2.24, 2.45) is 0 Å². The maximum Gasteiger partial charge on any atom is 0.269 e. The van der Waals surface area contributed by atoms with Gasteiger partial charge in [0.05, 0.1) is 0 Å². The van der Waals surface area contributed by atoms with Crippen molar-refractivity contribution in [1.82, 2.24) is 10.9 Å². The number of benzene rings is 2. The van der Waals surface area contributed by atoms with Gasteiger partial charge in [0.25, 0.3) is 11.8 Å². The summed E-state index contributed by atoms with van der Waals surface area (Å²) < 4.78 is 24.6. The average molecular weight is 360 g/mol. The zero-order valence-corrected chi connectivity index (χ0v) is 14.1. The molecule has 5 nitrogen and oxygen atoms in total. The standard InChI is InChI=1S/C18H17FN2O3S/c19-16-10-8-15(9-11-16)18(23)21-20-17(22)13-25(24)12-4-7-14-5-2-1-3-6-14/h1-11H,12-13H2,(H,20,22)(H,21,23). The maximum atomic E-state index is 12.8. The minimum absolute atomic E-state index is 0.202. The summed E-state index contributed by atoms with van der Waals surface area (Å²) in [6, 6.07) is 14.4. The van der Waals surface area contributed by atoms with Crippen molar-refractivity contribution in [3.63, 3.8) is 0 Å². The number of amides is 2. The number of carbonyl (C=O) groups excluding carboxylic acids is 2. The van der Waals surface area contributed by atoms with Gasteiger partial charge in [-0.1, -0.05) is 42.5 Å². The fourth-order valence-corrected chi connectivity index (χ4v) is 2.69. The van der Waals surface area contributed by atoms with Gasteiger partial charge in [-0.05, 0) is 29.8 Å². The van der Waals surface area contributed by atoms with E-state index in [1.54, 1.807) is 6.08 Å². The first-order valence-corrected chi connectivity index (χ1v) is 8.95. The van der Waals surface area contributed by atoms with Gasteiger partial charge in [0.2, 0.25) is 0 Å². The molecule has 25 heavy (non-hydrogen) atoms. The van der Waals surface area contributed by atoms with Crippen molar-refractivity contribution >= 4 is 28.7 Å². The van der Waals surface area contributed by atoms with Crippen LogP contribution in [-0.4, -0.2) is 27.5 Å². The fourth-order valence-electron chi connectivity index (χ4n) is 1.90. The van der Waals surface area contributed by atoms with Crippen molar-refractivity contribution < 1.29 is 18.2 Å². The molecule has 2 rings (SSSR count). The average Bonchev–Trinajstić information content (AvgIpc) is 2.61. The van der Waals surface area contributed by atoms with Crippen molar-refractivity contribution in [2.75, 3.05) is 11.5 Å². The van der Waals surface area contributed by atoms with Crippen LogP contribution < -0.4 is 10.9 Å². The number of hydrazine groups is 1. The number of carbonyl (C=O) groups is 2. The third-order valence-electron chi connectivity index (χ3n) is 3.11. The van der Waals surface area contributed by atoms with Crippen LogP contribution in [0.3, 0.4) is 0 Å². The summed E-state index contributed by atoms with van der Waals surface area (Å²) in [7, 11) is -1.39. The molecule has 130 valence electrons. The van der Waals surface area contributed by atoms with E-state index in [9.17, 15) is 18.2 Å². The highest BCUT2D eigenvalue weighted by Gasteiger charge is 2.09. The van der Waals surface area contributed by atoms with Crippen molar-refractivity contribution in [1.29, 1.82) is 0 Å². The fraction of sp³-hybridized carbons (Fsp3) is 0.111. The first kappa shape index (κ1) is 18.5. The number of halogens is 1. The molecule has 0 aliphatic rings. The van der Waals surface area contributed by atoms with Crippen LogP contribution in [0.5, 0.6) is 0 Å². The molecule has 0 radical (unpaired) electrons. The first-order valence-electron chi connectivity index (χ1n) is 7.46. The van der Waals surface area contributed by atoms with E-state index in [4.69, 9.17) is 0 Å². The predicted octanol–water partition coefficient (Wildman–Crippen LogP) is 2.05. The van der Waals surface area contributed by atoms with Crippen LogP contribution in [0.15, 0.2) is 60.7 Å². The Hall–Kier alpha value is -2.80. The molecule has 0 aliphatic heterocycles. The van der Waals surface area contributed by atoms with Crippen LogP contribution in [-0.2, 0) is 15.6 Å². The van der Waals surface area contributed by atoms with Gasteiger partial charge in [0.1, 0.15) is 11.6 Å². The molecule has 0 saturated carbocycles. The Kier molecular flexibility index (Phi) is 7.03. The highest BCUT2D eigenvalue weighted by molar-refractivity contribution is 7.85. The second kappa shape index (κ2) is 9.48. The highest BCUT2D eigenvalue weighted by Crippen LogP contribution is 2.02. The molecule has 0 aliphatic carbocycles. The van der Waals surface area contributed by atoms with E-state index in [-0.39, 0.29) is 17.1 Å². The van der Waals surface area contributed by atoms with Gasteiger partial charge in [-0.3, -0.25) is 24.6 Å². The maximum absolute atomic E-state index is 12.8. The second-order valence-corrected chi connectivity index (χ2v) is 6.57. The lowest BCUT2D eigenvalue weighted by atomic mass is 10.2. The number of hydrogen-bond acceptors (Lipinski definition) is 3. The van der Waals surface area contributed by atoms with Gasteiger partial charge < -0.3 is 0 Å². The molecule has 0 aromatic heterocycles. The zero-order valence-electron chi connectivity index (χ0n) is 13.3. The normalized spacial score (nSPS) is 11.9. The quantitative estimate of drug-likeness (QED) is 0.774. The molecule has 7 heteroatoms. The third kappa shape index (κ3) is 6.68.